The summed E-state index contributed by atoms with van der Waals surface area (Å²) < 4.78 is 71.0. The largest absolute Gasteiger partial charge is 1.00 e. The summed E-state index contributed by atoms with van der Waals surface area (Å²) >= 11 is 0. The SMILES string of the molecule is Cc1c(C[B-](F)(F)F)cc(N)cc1S(=O)(=O)F.[K+]. The zero-order valence-corrected chi connectivity index (χ0v) is 13.7. The van der Waals surface area contributed by atoms with Crippen molar-refractivity contribution < 1.29 is 76.6 Å². The van der Waals surface area contributed by atoms with Crippen molar-refractivity contribution in [1.29, 1.82) is 0 Å². The predicted molar refractivity (Wildman–Crippen MR) is 56.7 cm³/mol. The molecule has 2 N–H and O–H groups in total. The molecule has 0 amide bonds. The second-order valence-corrected chi connectivity index (χ2v) is 4.97. The maximum absolute atomic E-state index is 12.8. The molecule has 10 heteroatoms. The molecular formula is C8H9BF4KNO2S. The van der Waals surface area contributed by atoms with Gasteiger partial charge in [0.25, 0.3) is 0 Å². The fraction of sp³-hybridized carbons (Fsp3) is 0.250. The molecule has 0 heterocycles. The fourth-order valence-corrected chi connectivity index (χ4v) is 2.26. The number of nitrogens with two attached hydrogens (primary N) is 1. The first kappa shape index (κ1) is 18.4. The molecule has 1 aromatic carbocycles. The summed E-state index contributed by atoms with van der Waals surface area (Å²) in [5.41, 5.74) is 4.44. The molecule has 1 rings (SSSR count). The van der Waals surface area contributed by atoms with Gasteiger partial charge in [-0.1, -0.05) is 11.9 Å². The van der Waals surface area contributed by atoms with Gasteiger partial charge in [-0.25, -0.2) is 0 Å². The van der Waals surface area contributed by atoms with Crippen LogP contribution in [0, 0.1) is 6.92 Å². The minimum Gasteiger partial charge on any atom is -0.449 e. The Morgan fingerprint density at radius 1 is 1.28 bits per heavy atom. The summed E-state index contributed by atoms with van der Waals surface area (Å²) in [7, 11) is -5.07. The van der Waals surface area contributed by atoms with Crippen LogP contribution < -0.4 is 57.1 Å². The van der Waals surface area contributed by atoms with Crippen molar-refractivity contribution in [2.24, 2.45) is 0 Å². The molecule has 1 aromatic rings. The number of halogens is 4. The van der Waals surface area contributed by atoms with Gasteiger partial charge in [-0.05, 0) is 24.6 Å². The third-order valence-electron chi connectivity index (χ3n) is 2.20. The molecule has 0 saturated carbocycles. The summed E-state index contributed by atoms with van der Waals surface area (Å²) in [6, 6.07) is 1.80. The Kier molecular flexibility index (Phi) is 6.36. The second-order valence-electron chi connectivity index (χ2n) is 3.66. The van der Waals surface area contributed by atoms with Gasteiger partial charge in [-0.15, -0.1) is 3.89 Å². The first-order valence-corrected chi connectivity index (χ1v) is 5.94. The van der Waals surface area contributed by atoms with Gasteiger partial charge in [-0.3, -0.25) is 0 Å². The van der Waals surface area contributed by atoms with E-state index in [0.29, 0.717) is 0 Å². The van der Waals surface area contributed by atoms with E-state index in [9.17, 15) is 25.3 Å². The number of hydrogen-bond acceptors (Lipinski definition) is 3. The molecule has 0 aliphatic carbocycles. The number of anilines is 1. The van der Waals surface area contributed by atoms with Gasteiger partial charge in [0, 0.05) is 5.69 Å². The third-order valence-corrected chi connectivity index (χ3v) is 3.15. The number of benzene rings is 1. The topological polar surface area (TPSA) is 60.2 Å². The van der Waals surface area contributed by atoms with E-state index >= 15 is 0 Å². The van der Waals surface area contributed by atoms with Crippen LogP contribution in [0.3, 0.4) is 0 Å². The molecule has 96 valence electrons. The van der Waals surface area contributed by atoms with Crippen molar-refractivity contribution in [2.45, 2.75) is 18.1 Å². The molecule has 0 unspecified atom stereocenters. The molecule has 0 fully saturated rings. The Bertz CT molecular complexity index is 547. The van der Waals surface area contributed by atoms with Gasteiger partial charge < -0.3 is 18.7 Å². The van der Waals surface area contributed by atoms with Crippen LogP contribution in [0.4, 0.5) is 22.5 Å². The van der Waals surface area contributed by atoms with E-state index in [4.69, 9.17) is 5.73 Å². The zero-order valence-electron chi connectivity index (χ0n) is 9.75. The molecule has 3 nitrogen and oxygen atoms in total. The van der Waals surface area contributed by atoms with Crippen LogP contribution in [-0.4, -0.2) is 15.4 Å². The Morgan fingerprint density at radius 2 is 1.78 bits per heavy atom. The Morgan fingerprint density at radius 3 is 2.17 bits per heavy atom. The standard InChI is InChI=1S/C8H9BF4NO2S.K/c1-5-6(4-9(10,11)12)2-7(14)3-8(5)17(13,15)16;/h2-3H,4,14H2,1H3;/q-1;+1. The smallest absolute Gasteiger partial charge is 0.449 e. The first-order chi connectivity index (χ1) is 7.50. The average molecular weight is 309 g/mol. The average Bonchev–Trinajstić information content (AvgIpc) is 2.06. The van der Waals surface area contributed by atoms with Gasteiger partial charge in [-0.2, -0.15) is 8.42 Å². The zero-order chi connectivity index (χ0) is 13.4. The molecule has 0 saturated heterocycles. The van der Waals surface area contributed by atoms with Crippen molar-refractivity contribution >= 4 is 22.9 Å². The molecule has 0 atom stereocenters. The fourth-order valence-electron chi connectivity index (χ4n) is 1.48. The minimum absolute atomic E-state index is 0. The quantitative estimate of drug-likeness (QED) is 0.343. The van der Waals surface area contributed by atoms with Crippen LogP contribution >= 0.6 is 0 Å². The Balaban J connectivity index is 0.00000289. The van der Waals surface area contributed by atoms with Crippen LogP contribution in [0.25, 0.3) is 0 Å². The summed E-state index contributed by atoms with van der Waals surface area (Å²) in [5.74, 6) is 0. The molecule has 0 spiro atoms. The van der Waals surface area contributed by atoms with Crippen molar-refractivity contribution in [3.05, 3.63) is 23.3 Å². The van der Waals surface area contributed by atoms with Gasteiger partial charge in [0.15, 0.2) is 0 Å². The summed E-state index contributed by atoms with van der Waals surface area (Å²) in [4.78, 5) is -0.812. The van der Waals surface area contributed by atoms with E-state index in [1.807, 2.05) is 0 Å². The molecule has 0 aliphatic heterocycles. The normalized spacial score (nSPS) is 12.1. The van der Waals surface area contributed by atoms with E-state index in [1.165, 1.54) is 0 Å². The van der Waals surface area contributed by atoms with Gasteiger partial charge in [0.05, 0.1) is 0 Å². The maximum atomic E-state index is 12.8. The number of hydrogen-bond donors (Lipinski definition) is 1. The van der Waals surface area contributed by atoms with Crippen molar-refractivity contribution in [3.63, 3.8) is 0 Å². The van der Waals surface area contributed by atoms with E-state index < -0.39 is 28.4 Å². The van der Waals surface area contributed by atoms with Crippen LogP contribution in [0.2, 0.25) is 0 Å². The maximum Gasteiger partial charge on any atom is 1.00 e. The van der Waals surface area contributed by atoms with Gasteiger partial charge in [0.2, 0.25) is 0 Å². The van der Waals surface area contributed by atoms with Crippen LogP contribution in [0.15, 0.2) is 17.0 Å². The van der Waals surface area contributed by atoms with E-state index in [0.717, 1.165) is 19.1 Å². The molecule has 0 radical (unpaired) electrons. The van der Waals surface area contributed by atoms with Crippen molar-refractivity contribution in [3.8, 4) is 0 Å². The van der Waals surface area contributed by atoms with E-state index in [-0.39, 0.29) is 68.2 Å². The van der Waals surface area contributed by atoms with Gasteiger partial charge >= 0.3 is 68.6 Å². The summed E-state index contributed by atoms with van der Waals surface area (Å²) in [6.45, 7) is -4.03. The molecule has 18 heavy (non-hydrogen) atoms. The van der Waals surface area contributed by atoms with Crippen LogP contribution in [0.1, 0.15) is 11.1 Å². The predicted octanol–water partition coefficient (Wildman–Crippen LogP) is -0.831. The summed E-state index contributed by atoms with van der Waals surface area (Å²) in [6.07, 6.45) is -1.29. The van der Waals surface area contributed by atoms with E-state index in [1.54, 1.807) is 0 Å². The first-order valence-electron chi connectivity index (χ1n) is 4.55. The number of nitrogen functional groups attached to an aromatic ring is 1. The second kappa shape index (κ2) is 6.23. The van der Waals surface area contributed by atoms with Crippen LogP contribution in [0.5, 0.6) is 0 Å². The molecule has 0 bridgehead atoms. The minimum atomic E-state index is -5.14. The van der Waals surface area contributed by atoms with Crippen molar-refractivity contribution in [2.75, 3.05) is 5.73 Å². The Hall–Kier alpha value is 0.391. The monoisotopic (exact) mass is 309 g/mol. The van der Waals surface area contributed by atoms with Crippen LogP contribution in [-0.2, 0) is 16.5 Å². The molecular weight excluding hydrogens is 300 g/mol. The third kappa shape index (κ3) is 5.18. The Labute approximate surface area is 145 Å². The van der Waals surface area contributed by atoms with Gasteiger partial charge in [0.1, 0.15) is 4.90 Å². The van der Waals surface area contributed by atoms with E-state index in [2.05, 4.69) is 0 Å². The number of rotatable bonds is 3. The van der Waals surface area contributed by atoms with Crippen molar-refractivity contribution in [1.82, 2.24) is 0 Å². The molecule has 0 aromatic heterocycles. The molecule has 0 aliphatic rings. The summed E-state index contributed by atoms with van der Waals surface area (Å²) in [5, 5.41) is 0.